The number of nitriles is 1. The number of nitrogens with zero attached hydrogens (tertiary/aromatic N) is 5. The number of hydrogen-bond donors (Lipinski definition) is 2. The number of aromatic nitrogens is 2. The number of hydrogen-bond acceptors (Lipinski definition) is 7. The number of piperidine rings is 1. The zero-order valence-corrected chi connectivity index (χ0v) is 20.0. The molecule has 0 radical (unpaired) electrons. The maximum atomic E-state index is 14.3. The number of benzene rings is 1. The lowest BCUT2D eigenvalue weighted by molar-refractivity contribution is -0.135. The van der Waals surface area contributed by atoms with Crippen molar-refractivity contribution in [2.75, 3.05) is 37.6 Å². The van der Waals surface area contributed by atoms with E-state index in [2.05, 4.69) is 15.5 Å². The highest BCUT2D eigenvalue weighted by atomic mass is 35.5. The van der Waals surface area contributed by atoms with Crippen molar-refractivity contribution < 1.29 is 19.1 Å². The summed E-state index contributed by atoms with van der Waals surface area (Å²) in [5.74, 6) is -1.06. The molecule has 0 saturated carbocycles. The van der Waals surface area contributed by atoms with Gasteiger partial charge in [0, 0.05) is 44.6 Å². The molecule has 0 spiro atoms. The summed E-state index contributed by atoms with van der Waals surface area (Å²) in [5, 5.41) is 30.1. The molecule has 1 aromatic heterocycles. The van der Waals surface area contributed by atoms with E-state index in [0.717, 1.165) is 0 Å². The van der Waals surface area contributed by atoms with Gasteiger partial charge in [0.25, 0.3) is 0 Å². The number of ketones is 1. The van der Waals surface area contributed by atoms with Crippen molar-refractivity contribution >= 4 is 29.3 Å². The number of carbonyl (C=O) groups is 2. The van der Waals surface area contributed by atoms with Gasteiger partial charge in [-0.25, -0.2) is 9.18 Å². The molecule has 1 aromatic carbocycles. The van der Waals surface area contributed by atoms with Gasteiger partial charge in [-0.15, -0.1) is 10.2 Å². The van der Waals surface area contributed by atoms with Gasteiger partial charge in [-0.05, 0) is 49.6 Å². The molecule has 2 aliphatic rings. The molecule has 184 valence electrons. The first-order valence-electron chi connectivity index (χ1n) is 11.5. The topological polar surface area (TPSA) is 122 Å². The molecule has 2 aliphatic heterocycles. The van der Waals surface area contributed by atoms with Gasteiger partial charge in [0.2, 0.25) is 0 Å². The van der Waals surface area contributed by atoms with Crippen LogP contribution in [0, 0.1) is 23.1 Å². The molecular formula is C24H26ClFN6O3. The Morgan fingerprint density at radius 1 is 1.31 bits per heavy atom. The highest BCUT2D eigenvalue weighted by Gasteiger charge is 2.56. The quantitative estimate of drug-likeness (QED) is 0.620. The van der Waals surface area contributed by atoms with Crippen molar-refractivity contribution in [2.24, 2.45) is 5.92 Å². The van der Waals surface area contributed by atoms with Crippen molar-refractivity contribution in [1.29, 1.82) is 5.26 Å². The monoisotopic (exact) mass is 500 g/mol. The predicted molar refractivity (Wildman–Crippen MR) is 127 cm³/mol. The normalized spacial score (nSPS) is 22.6. The molecule has 0 bridgehead atoms. The lowest BCUT2D eigenvalue weighted by atomic mass is 9.71. The Morgan fingerprint density at radius 2 is 2.06 bits per heavy atom. The van der Waals surface area contributed by atoms with Crippen LogP contribution in [0.2, 0.25) is 5.02 Å². The first-order valence-corrected chi connectivity index (χ1v) is 11.9. The first-order chi connectivity index (χ1) is 16.8. The maximum absolute atomic E-state index is 14.3. The maximum Gasteiger partial charge on any atom is 0.408 e. The highest BCUT2D eigenvalue weighted by Crippen LogP contribution is 2.42. The zero-order valence-electron chi connectivity index (χ0n) is 19.2. The fourth-order valence-electron chi connectivity index (χ4n) is 5.36. The fraction of sp³-hybridized carbons (Fsp3) is 0.458. The zero-order chi connectivity index (χ0) is 25.2. The second-order valence-corrected chi connectivity index (χ2v) is 9.23. The largest absolute Gasteiger partial charge is 0.465 e. The average molecular weight is 501 g/mol. The number of halogens is 2. The third kappa shape index (κ3) is 4.54. The van der Waals surface area contributed by atoms with Gasteiger partial charge < -0.3 is 15.3 Å². The minimum Gasteiger partial charge on any atom is -0.465 e. The molecular weight excluding hydrogens is 475 g/mol. The van der Waals surface area contributed by atoms with Crippen LogP contribution in [0.3, 0.4) is 0 Å². The van der Waals surface area contributed by atoms with Crippen LogP contribution in [-0.4, -0.2) is 70.3 Å². The molecule has 2 atom stereocenters. The Kier molecular flexibility index (Phi) is 7.19. The molecule has 2 aromatic rings. The lowest BCUT2D eigenvalue weighted by Crippen LogP contribution is -2.63. The van der Waals surface area contributed by atoms with E-state index >= 15 is 0 Å². The van der Waals surface area contributed by atoms with Gasteiger partial charge in [-0.2, -0.15) is 5.26 Å². The lowest BCUT2D eigenvalue weighted by Gasteiger charge is -2.44. The molecule has 1 amide bonds. The van der Waals surface area contributed by atoms with E-state index in [4.69, 9.17) is 16.9 Å². The molecule has 2 N–H and O–H groups in total. The highest BCUT2D eigenvalue weighted by molar-refractivity contribution is 6.30. The van der Waals surface area contributed by atoms with Crippen molar-refractivity contribution in [1.82, 2.24) is 20.4 Å². The third-order valence-corrected chi connectivity index (χ3v) is 7.38. The molecule has 0 aliphatic carbocycles. The molecule has 11 heteroatoms. The van der Waals surface area contributed by atoms with Crippen LogP contribution in [0.1, 0.15) is 36.9 Å². The second kappa shape index (κ2) is 10.1. The summed E-state index contributed by atoms with van der Waals surface area (Å²) in [7, 11) is 0. The Hall–Kier alpha value is -3.29. The molecule has 2 saturated heterocycles. The van der Waals surface area contributed by atoms with Gasteiger partial charge in [0.05, 0.1) is 5.02 Å². The van der Waals surface area contributed by atoms with Crippen molar-refractivity contribution in [2.45, 2.75) is 31.2 Å². The number of Topliss-reactive ketones (excluding diaryl/α,β-unsaturated/α-hetero) is 1. The Balaban J connectivity index is 1.62. The van der Waals surface area contributed by atoms with E-state index in [1.807, 2.05) is 11.0 Å². The minimum absolute atomic E-state index is 0.0273. The number of carbonyl (C=O) groups excluding carboxylic acids is 1. The van der Waals surface area contributed by atoms with E-state index in [1.54, 1.807) is 25.1 Å². The van der Waals surface area contributed by atoms with Crippen LogP contribution in [0.5, 0.6) is 0 Å². The van der Waals surface area contributed by atoms with Crippen LogP contribution in [0.4, 0.5) is 15.0 Å². The van der Waals surface area contributed by atoms with Crippen molar-refractivity contribution in [3.63, 3.8) is 0 Å². The molecule has 3 heterocycles. The molecule has 4 rings (SSSR count). The van der Waals surface area contributed by atoms with Crippen LogP contribution >= 0.6 is 11.6 Å². The average Bonchev–Trinajstić information content (AvgIpc) is 3.31. The molecule has 2 fully saturated rings. The standard InChI is InChI=1S/C24H26ClFN6O3/c1-2-32(23(34)35)24(14-28-13-18(24)16-3-5-19(25)20(26)11-16)22(33)15-7-9-31(10-8-15)21-6-4-17(12-27)29-30-21/h3-6,11,15,18,28H,2,7-10,13-14H2,1H3,(H,34,35)/t18-,24+/m0/s1. The van der Waals surface area contributed by atoms with Crippen LogP contribution in [-0.2, 0) is 4.79 Å². The summed E-state index contributed by atoms with van der Waals surface area (Å²) in [6.45, 7) is 3.40. The summed E-state index contributed by atoms with van der Waals surface area (Å²) in [5.41, 5.74) is -0.593. The molecule has 0 unspecified atom stereocenters. The first kappa shape index (κ1) is 24.8. The fourth-order valence-corrected chi connectivity index (χ4v) is 5.48. The Labute approximate surface area is 207 Å². The second-order valence-electron chi connectivity index (χ2n) is 8.82. The summed E-state index contributed by atoms with van der Waals surface area (Å²) in [6.07, 6.45) is -0.156. The number of amides is 1. The van der Waals surface area contributed by atoms with E-state index in [0.29, 0.717) is 43.9 Å². The SMILES string of the molecule is CCN(C(=O)O)[C@]1(C(=O)C2CCN(c3ccc(C#N)nn3)CC2)CNC[C@H]1c1ccc(Cl)c(F)c1. The number of rotatable bonds is 6. The van der Waals surface area contributed by atoms with E-state index in [9.17, 15) is 19.1 Å². The third-order valence-electron chi connectivity index (χ3n) is 7.08. The van der Waals surface area contributed by atoms with Gasteiger partial charge >= 0.3 is 6.09 Å². The molecule has 9 nitrogen and oxygen atoms in total. The smallest absolute Gasteiger partial charge is 0.408 e. The van der Waals surface area contributed by atoms with Crippen molar-refractivity contribution in [3.05, 3.63) is 52.4 Å². The molecule has 35 heavy (non-hydrogen) atoms. The number of nitrogens with one attached hydrogen (secondary N) is 1. The van der Waals surface area contributed by atoms with Crippen LogP contribution in [0.15, 0.2) is 30.3 Å². The van der Waals surface area contributed by atoms with Crippen LogP contribution in [0.25, 0.3) is 0 Å². The number of carboxylic acid groups (broad SMARTS) is 1. The van der Waals surface area contributed by atoms with Gasteiger partial charge in [0.15, 0.2) is 17.3 Å². The van der Waals surface area contributed by atoms with E-state index < -0.39 is 23.4 Å². The summed E-state index contributed by atoms with van der Waals surface area (Å²) >= 11 is 5.87. The van der Waals surface area contributed by atoms with Gasteiger partial charge in [0.1, 0.15) is 17.4 Å². The number of likely N-dealkylation sites (N-methyl/N-ethyl adjacent to an activating group) is 1. The van der Waals surface area contributed by atoms with Crippen molar-refractivity contribution in [3.8, 4) is 6.07 Å². The summed E-state index contributed by atoms with van der Waals surface area (Å²) in [4.78, 5) is 29.6. The van der Waals surface area contributed by atoms with Gasteiger partial charge in [-0.3, -0.25) is 9.69 Å². The van der Waals surface area contributed by atoms with E-state index in [-0.39, 0.29) is 35.5 Å². The predicted octanol–water partition coefficient (Wildman–Crippen LogP) is 3.05. The van der Waals surface area contributed by atoms with Gasteiger partial charge in [-0.1, -0.05) is 17.7 Å². The van der Waals surface area contributed by atoms with Crippen LogP contribution < -0.4 is 10.2 Å². The Bertz CT molecular complexity index is 1150. The summed E-state index contributed by atoms with van der Waals surface area (Å²) in [6, 6.07) is 9.66. The Morgan fingerprint density at radius 3 is 2.63 bits per heavy atom. The minimum atomic E-state index is -1.36. The summed E-state index contributed by atoms with van der Waals surface area (Å²) < 4.78 is 14.3. The van der Waals surface area contributed by atoms with E-state index in [1.165, 1.54) is 17.0 Å². The number of anilines is 1.